The number of carboxylic acids is 1. The fourth-order valence-corrected chi connectivity index (χ4v) is 9.75. The van der Waals surface area contributed by atoms with Crippen molar-refractivity contribution < 1.29 is 28.9 Å². The Morgan fingerprint density at radius 1 is 1.23 bits per heavy atom. The minimum absolute atomic E-state index is 0.0192. The van der Waals surface area contributed by atoms with Gasteiger partial charge in [0.05, 0.1) is 24.2 Å². The van der Waals surface area contributed by atoms with Crippen LogP contribution in [0.4, 0.5) is 0 Å². The summed E-state index contributed by atoms with van der Waals surface area (Å²) in [4.78, 5) is 29.2. The Kier molecular flexibility index (Phi) is 7.71. The van der Waals surface area contributed by atoms with Gasteiger partial charge in [-0.3, -0.25) is 9.69 Å². The molecule has 4 aliphatic carbocycles. The van der Waals surface area contributed by atoms with Gasteiger partial charge in [0.2, 0.25) is 0 Å². The minimum Gasteiger partial charge on any atom is -0.481 e. The van der Waals surface area contributed by atoms with Crippen molar-refractivity contribution >= 4 is 12.3 Å². The van der Waals surface area contributed by atoms with E-state index in [2.05, 4.69) is 51.7 Å². The van der Waals surface area contributed by atoms with Crippen molar-refractivity contribution in [3.05, 3.63) is 23.3 Å². The van der Waals surface area contributed by atoms with E-state index in [-0.39, 0.29) is 36.6 Å². The molecule has 7 nitrogen and oxygen atoms in total. The molecule has 4 fully saturated rings. The van der Waals surface area contributed by atoms with Gasteiger partial charge in [0, 0.05) is 32.2 Å². The zero-order chi connectivity index (χ0) is 28.3. The average molecular weight is 544 g/mol. The molecule has 7 heteroatoms. The number of carboxylic acid groups (broad SMARTS) is 1. The maximum atomic E-state index is 13.7. The number of carbonyl (C=O) groups excluding carboxylic acids is 1. The molecule has 5 aliphatic rings. The first-order valence-corrected chi connectivity index (χ1v) is 15.0. The smallest absolute Gasteiger partial charge is 0.315 e. The Morgan fingerprint density at radius 3 is 2.59 bits per heavy atom. The van der Waals surface area contributed by atoms with Crippen LogP contribution in [-0.2, 0) is 23.8 Å². The summed E-state index contributed by atoms with van der Waals surface area (Å²) in [6, 6.07) is 0. The minimum atomic E-state index is -1.22. The fourth-order valence-electron chi connectivity index (χ4n) is 9.75. The molecule has 5 rings (SSSR count). The number of ether oxygens (including phenoxy) is 3. The molecule has 0 aromatic heterocycles. The molecule has 0 aromatic rings. The number of carbonyl (C=O) groups is 2. The lowest BCUT2D eigenvalue weighted by Gasteiger charge is -2.58. The van der Waals surface area contributed by atoms with Gasteiger partial charge >= 0.3 is 5.97 Å². The summed E-state index contributed by atoms with van der Waals surface area (Å²) in [7, 11) is 1.72. The first-order chi connectivity index (χ1) is 18.5. The maximum absolute atomic E-state index is 13.7. The number of methoxy groups -OCH3 is 1. The van der Waals surface area contributed by atoms with Gasteiger partial charge in [0.15, 0.2) is 6.29 Å². The number of hydrogen-bond acceptors (Lipinski definition) is 6. The van der Waals surface area contributed by atoms with Gasteiger partial charge in [-0.25, -0.2) is 0 Å². The number of allylic oxidation sites excluding steroid dienone is 2. The third kappa shape index (κ3) is 4.04. The normalized spacial score (nSPS) is 45.1. The molecule has 218 valence electrons. The molecule has 1 saturated heterocycles. The highest BCUT2D eigenvalue weighted by atomic mass is 16.7. The van der Waals surface area contributed by atoms with Gasteiger partial charge in [0.25, 0.3) is 0 Å². The molecule has 1 N–H and O–H groups in total. The van der Waals surface area contributed by atoms with Crippen molar-refractivity contribution in [3.8, 4) is 0 Å². The van der Waals surface area contributed by atoms with Crippen LogP contribution < -0.4 is 0 Å². The molecule has 0 amide bonds. The maximum Gasteiger partial charge on any atom is 0.315 e. The highest BCUT2D eigenvalue weighted by Gasteiger charge is 2.84. The number of rotatable bonds is 9. The zero-order valence-electron chi connectivity index (χ0n) is 24.9. The van der Waals surface area contributed by atoms with E-state index >= 15 is 0 Å². The van der Waals surface area contributed by atoms with Crippen LogP contribution in [0.25, 0.3) is 0 Å². The highest BCUT2D eigenvalue weighted by Crippen LogP contribution is 2.82. The van der Waals surface area contributed by atoms with E-state index in [0.717, 1.165) is 44.2 Å². The molecule has 4 unspecified atom stereocenters. The molecular formula is C32H49NO6. The molecule has 39 heavy (non-hydrogen) atoms. The van der Waals surface area contributed by atoms with Crippen LogP contribution >= 0.6 is 0 Å². The van der Waals surface area contributed by atoms with Crippen LogP contribution in [0.15, 0.2) is 23.3 Å². The molecule has 0 radical (unpaired) electrons. The quantitative estimate of drug-likeness (QED) is 0.325. The topological polar surface area (TPSA) is 85.3 Å². The van der Waals surface area contributed by atoms with Crippen molar-refractivity contribution in [2.75, 3.05) is 33.4 Å². The lowest BCUT2D eigenvalue weighted by molar-refractivity contribution is -0.219. The van der Waals surface area contributed by atoms with Gasteiger partial charge in [-0.15, -0.1) is 0 Å². The van der Waals surface area contributed by atoms with Gasteiger partial charge in [-0.1, -0.05) is 50.5 Å². The number of aldehydes is 1. The van der Waals surface area contributed by atoms with Crippen LogP contribution in [0, 0.1) is 45.8 Å². The van der Waals surface area contributed by atoms with Crippen molar-refractivity contribution in [1.82, 2.24) is 4.90 Å². The largest absolute Gasteiger partial charge is 0.481 e. The summed E-state index contributed by atoms with van der Waals surface area (Å²) < 4.78 is 18.9. The first-order valence-electron chi connectivity index (χ1n) is 15.0. The highest BCUT2D eigenvalue weighted by molar-refractivity contribution is 5.90. The second kappa shape index (κ2) is 10.4. The third-order valence-electron chi connectivity index (χ3n) is 11.4. The molecule has 1 aliphatic heterocycles. The predicted molar refractivity (Wildman–Crippen MR) is 149 cm³/mol. The van der Waals surface area contributed by atoms with Gasteiger partial charge in [-0.2, -0.15) is 0 Å². The second-order valence-corrected chi connectivity index (χ2v) is 13.8. The summed E-state index contributed by atoms with van der Waals surface area (Å²) in [5.74, 6) is 0.185. The standard InChI is InChI=1S/C32H49NO6/c1-19(2)10-11-33-15-27(37-7)22(6)39-28(16-33)38-18-31-14-24-21(5)8-9-25(24)30(17-34)13-23(31)12-26(20(3)4)32(30,31)29(35)36/h10,12,17,20-25,27-28H,8-9,11,13-16,18H2,1-7H3,(H,35,36)/t21-,22-,23?,24-,25-,27+,28-,30?,31?,32?/m1/s1. The Hall–Kier alpha value is -1.54. The monoisotopic (exact) mass is 543 g/mol. The van der Waals surface area contributed by atoms with E-state index in [4.69, 9.17) is 14.2 Å². The third-order valence-corrected chi connectivity index (χ3v) is 11.4. The van der Waals surface area contributed by atoms with Gasteiger partial charge in [-0.05, 0) is 69.6 Å². The average Bonchev–Trinajstić information content (AvgIpc) is 3.40. The Morgan fingerprint density at radius 2 is 1.97 bits per heavy atom. The van der Waals surface area contributed by atoms with E-state index in [1.165, 1.54) is 5.57 Å². The Labute approximate surface area is 234 Å². The fraction of sp³-hybridized carbons (Fsp3) is 0.812. The lowest BCUT2D eigenvalue weighted by Crippen LogP contribution is -2.63. The lowest BCUT2D eigenvalue weighted by atomic mass is 9.43. The molecule has 0 spiro atoms. The van der Waals surface area contributed by atoms with E-state index in [1.807, 2.05) is 6.92 Å². The summed E-state index contributed by atoms with van der Waals surface area (Å²) >= 11 is 0. The predicted octanol–water partition coefficient (Wildman–Crippen LogP) is 4.96. The summed E-state index contributed by atoms with van der Waals surface area (Å²) in [6.07, 6.45) is 8.18. The van der Waals surface area contributed by atoms with Crippen LogP contribution in [0.3, 0.4) is 0 Å². The van der Waals surface area contributed by atoms with E-state index in [9.17, 15) is 14.7 Å². The Bertz CT molecular complexity index is 1030. The Balaban J connectivity index is 1.51. The van der Waals surface area contributed by atoms with Gasteiger partial charge < -0.3 is 24.1 Å². The number of aliphatic carboxylic acids is 1. The molecule has 3 saturated carbocycles. The van der Waals surface area contributed by atoms with Crippen molar-refractivity contribution in [1.29, 1.82) is 0 Å². The number of hydrogen-bond donors (Lipinski definition) is 1. The zero-order valence-corrected chi connectivity index (χ0v) is 24.9. The van der Waals surface area contributed by atoms with E-state index < -0.39 is 28.5 Å². The van der Waals surface area contributed by atoms with Crippen LogP contribution in [0.5, 0.6) is 0 Å². The van der Waals surface area contributed by atoms with E-state index in [1.54, 1.807) is 7.11 Å². The first kappa shape index (κ1) is 29.0. The SMILES string of the molecule is CO[C@H]1CN(CC=C(C)C)C[C@H](OCC23C[C@@H]4[C@H](C)CC[C@H]4C4(C=O)CC2C=C(C(C)C)C34C(=O)O)O[C@@H]1C. The van der Waals surface area contributed by atoms with Crippen molar-refractivity contribution in [2.45, 2.75) is 85.7 Å². The second-order valence-electron chi connectivity index (χ2n) is 13.8. The summed E-state index contributed by atoms with van der Waals surface area (Å²) in [5, 5.41) is 11.2. The molecule has 0 aromatic carbocycles. The van der Waals surface area contributed by atoms with Crippen LogP contribution in [0.2, 0.25) is 0 Å². The van der Waals surface area contributed by atoms with Crippen LogP contribution in [0.1, 0.15) is 67.2 Å². The molecule has 10 atom stereocenters. The number of fused-ring (bicyclic) bond motifs is 2. The summed E-state index contributed by atoms with van der Waals surface area (Å²) in [5.41, 5.74) is -0.546. The van der Waals surface area contributed by atoms with Crippen molar-refractivity contribution in [3.63, 3.8) is 0 Å². The van der Waals surface area contributed by atoms with E-state index in [0.29, 0.717) is 24.8 Å². The van der Waals surface area contributed by atoms with Crippen LogP contribution in [-0.4, -0.2) is 74.1 Å². The van der Waals surface area contributed by atoms with Crippen molar-refractivity contribution in [2.24, 2.45) is 45.8 Å². The molecule has 1 heterocycles. The number of nitrogens with zero attached hydrogens (tertiary/aromatic N) is 1. The summed E-state index contributed by atoms with van der Waals surface area (Å²) in [6.45, 7) is 15.0. The molecular weight excluding hydrogens is 494 g/mol. The molecule has 4 bridgehead atoms. The van der Waals surface area contributed by atoms with Gasteiger partial charge in [0.1, 0.15) is 11.7 Å².